The van der Waals surface area contributed by atoms with Crippen LogP contribution in [0, 0.1) is 3.57 Å². The van der Waals surface area contributed by atoms with Gasteiger partial charge in [0, 0.05) is 9.61 Å². The number of rotatable bonds is 0. The van der Waals surface area contributed by atoms with E-state index in [0.29, 0.717) is 6.61 Å². The standard InChI is InChI=1S/C9H10INO/c10-7-1-2-9-6(3-7)4-8(11)5-12-9/h1-3,8H,4-5,11H2. The lowest BCUT2D eigenvalue weighted by atomic mass is 10.0. The molecule has 1 aliphatic rings. The molecule has 1 heterocycles. The quantitative estimate of drug-likeness (QED) is 0.729. The third kappa shape index (κ3) is 1.56. The first-order chi connectivity index (χ1) is 5.75. The molecule has 0 spiro atoms. The van der Waals surface area contributed by atoms with Crippen molar-refractivity contribution in [3.05, 3.63) is 27.3 Å². The van der Waals surface area contributed by atoms with E-state index in [1.807, 2.05) is 6.07 Å². The first-order valence-corrected chi connectivity index (χ1v) is 5.00. The van der Waals surface area contributed by atoms with Gasteiger partial charge in [-0.05, 0) is 52.8 Å². The van der Waals surface area contributed by atoms with Crippen LogP contribution < -0.4 is 10.5 Å². The number of benzene rings is 1. The van der Waals surface area contributed by atoms with Gasteiger partial charge in [-0.2, -0.15) is 0 Å². The fourth-order valence-electron chi connectivity index (χ4n) is 1.39. The van der Waals surface area contributed by atoms with E-state index in [1.165, 1.54) is 9.13 Å². The molecule has 0 saturated carbocycles. The van der Waals surface area contributed by atoms with Crippen LogP contribution in [0.3, 0.4) is 0 Å². The van der Waals surface area contributed by atoms with Crippen LogP contribution in [-0.2, 0) is 6.42 Å². The van der Waals surface area contributed by atoms with Crippen molar-refractivity contribution in [2.45, 2.75) is 12.5 Å². The average molecular weight is 275 g/mol. The Bertz CT molecular complexity index is 301. The summed E-state index contributed by atoms with van der Waals surface area (Å²) in [6.45, 7) is 0.646. The smallest absolute Gasteiger partial charge is 0.122 e. The highest BCUT2D eigenvalue weighted by Crippen LogP contribution is 2.25. The van der Waals surface area contributed by atoms with E-state index in [1.54, 1.807) is 0 Å². The van der Waals surface area contributed by atoms with Gasteiger partial charge in [-0.15, -0.1) is 0 Å². The van der Waals surface area contributed by atoms with Crippen LogP contribution in [0.4, 0.5) is 0 Å². The Hall–Kier alpha value is -0.290. The molecule has 0 fully saturated rings. The van der Waals surface area contributed by atoms with Gasteiger partial charge in [0.15, 0.2) is 0 Å². The first kappa shape index (κ1) is 8.31. The van der Waals surface area contributed by atoms with Gasteiger partial charge in [-0.3, -0.25) is 0 Å². The summed E-state index contributed by atoms with van der Waals surface area (Å²) < 4.78 is 6.70. The van der Waals surface area contributed by atoms with E-state index >= 15 is 0 Å². The summed E-state index contributed by atoms with van der Waals surface area (Å²) in [5, 5.41) is 0. The van der Waals surface area contributed by atoms with Crippen molar-refractivity contribution >= 4 is 22.6 Å². The molecule has 12 heavy (non-hydrogen) atoms. The molecule has 1 aromatic carbocycles. The van der Waals surface area contributed by atoms with Gasteiger partial charge in [0.05, 0.1) is 0 Å². The third-order valence-electron chi connectivity index (χ3n) is 1.96. The fourth-order valence-corrected chi connectivity index (χ4v) is 1.94. The molecule has 0 amide bonds. The summed E-state index contributed by atoms with van der Waals surface area (Å²) >= 11 is 2.30. The Morgan fingerprint density at radius 3 is 3.17 bits per heavy atom. The SMILES string of the molecule is NC1COc2ccc(I)cc2C1. The minimum absolute atomic E-state index is 0.163. The Morgan fingerprint density at radius 2 is 2.33 bits per heavy atom. The molecule has 2 rings (SSSR count). The highest BCUT2D eigenvalue weighted by Gasteiger charge is 2.15. The van der Waals surface area contributed by atoms with Crippen LogP contribution in [-0.4, -0.2) is 12.6 Å². The van der Waals surface area contributed by atoms with Crippen LogP contribution in [0.15, 0.2) is 18.2 Å². The lowest BCUT2D eigenvalue weighted by molar-refractivity contribution is 0.263. The molecular formula is C9H10INO. The van der Waals surface area contributed by atoms with Gasteiger partial charge in [-0.25, -0.2) is 0 Å². The molecule has 0 aliphatic carbocycles. The molecule has 0 saturated heterocycles. The van der Waals surface area contributed by atoms with Crippen molar-refractivity contribution in [3.8, 4) is 5.75 Å². The largest absolute Gasteiger partial charge is 0.492 e. The lowest BCUT2D eigenvalue weighted by Gasteiger charge is -2.22. The van der Waals surface area contributed by atoms with Gasteiger partial charge in [-0.1, -0.05) is 0 Å². The fraction of sp³-hybridized carbons (Fsp3) is 0.333. The van der Waals surface area contributed by atoms with Crippen molar-refractivity contribution in [2.75, 3.05) is 6.61 Å². The van der Waals surface area contributed by atoms with Crippen molar-refractivity contribution in [1.29, 1.82) is 0 Å². The minimum Gasteiger partial charge on any atom is -0.492 e. The predicted octanol–water partition coefficient (Wildman–Crippen LogP) is 1.55. The zero-order valence-electron chi connectivity index (χ0n) is 6.59. The molecule has 1 aliphatic heterocycles. The van der Waals surface area contributed by atoms with Gasteiger partial charge in [0.1, 0.15) is 12.4 Å². The van der Waals surface area contributed by atoms with Gasteiger partial charge in [0.2, 0.25) is 0 Å². The third-order valence-corrected chi connectivity index (χ3v) is 2.63. The highest BCUT2D eigenvalue weighted by atomic mass is 127. The van der Waals surface area contributed by atoms with Gasteiger partial charge in [0.25, 0.3) is 0 Å². The van der Waals surface area contributed by atoms with Crippen LogP contribution in [0.2, 0.25) is 0 Å². The topological polar surface area (TPSA) is 35.2 Å². The molecule has 1 unspecified atom stereocenters. The van der Waals surface area contributed by atoms with E-state index in [9.17, 15) is 0 Å². The van der Waals surface area contributed by atoms with Crippen LogP contribution in [0.5, 0.6) is 5.75 Å². The van der Waals surface area contributed by atoms with Crippen molar-refractivity contribution in [2.24, 2.45) is 5.73 Å². The molecular weight excluding hydrogens is 265 g/mol. The number of nitrogens with two attached hydrogens (primary N) is 1. The first-order valence-electron chi connectivity index (χ1n) is 3.92. The Kier molecular flexibility index (Phi) is 2.23. The van der Waals surface area contributed by atoms with Gasteiger partial charge >= 0.3 is 0 Å². The zero-order valence-corrected chi connectivity index (χ0v) is 8.74. The van der Waals surface area contributed by atoms with E-state index in [4.69, 9.17) is 10.5 Å². The number of ether oxygens (including phenoxy) is 1. The second kappa shape index (κ2) is 3.22. The lowest BCUT2D eigenvalue weighted by Crippen LogP contribution is -2.33. The zero-order chi connectivity index (χ0) is 8.55. The number of fused-ring (bicyclic) bond motifs is 1. The summed E-state index contributed by atoms with van der Waals surface area (Å²) in [5.41, 5.74) is 7.01. The van der Waals surface area contributed by atoms with Crippen molar-refractivity contribution < 1.29 is 4.74 Å². The Morgan fingerprint density at radius 1 is 1.50 bits per heavy atom. The second-order valence-electron chi connectivity index (χ2n) is 3.03. The van der Waals surface area contributed by atoms with Crippen molar-refractivity contribution in [1.82, 2.24) is 0 Å². The molecule has 0 bridgehead atoms. The maximum Gasteiger partial charge on any atom is 0.122 e. The molecule has 0 aromatic heterocycles. The maximum atomic E-state index is 5.77. The molecule has 3 heteroatoms. The normalized spacial score (nSPS) is 21.3. The summed E-state index contributed by atoms with van der Waals surface area (Å²) in [5.74, 6) is 0.997. The summed E-state index contributed by atoms with van der Waals surface area (Å²) in [6, 6.07) is 6.37. The second-order valence-corrected chi connectivity index (χ2v) is 4.27. The molecule has 64 valence electrons. The highest BCUT2D eigenvalue weighted by molar-refractivity contribution is 14.1. The van der Waals surface area contributed by atoms with Crippen LogP contribution in [0.1, 0.15) is 5.56 Å². The van der Waals surface area contributed by atoms with E-state index in [-0.39, 0.29) is 6.04 Å². The van der Waals surface area contributed by atoms with Gasteiger partial charge < -0.3 is 10.5 Å². The van der Waals surface area contributed by atoms with E-state index < -0.39 is 0 Å². The number of halogens is 1. The van der Waals surface area contributed by atoms with Crippen LogP contribution >= 0.6 is 22.6 Å². The maximum absolute atomic E-state index is 5.77. The van der Waals surface area contributed by atoms with E-state index in [0.717, 1.165) is 12.2 Å². The minimum atomic E-state index is 0.163. The van der Waals surface area contributed by atoms with E-state index in [2.05, 4.69) is 34.7 Å². The number of hydrogen-bond donors (Lipinski definition) is 1. The molecule has 1 aromatic rings. The molecule has 2 nitrogen and oxygen atoms in total. The summed E-state index contributed by atoms with van der Waals surface area (Å²) in [6.07, 6.45) is 0.937. The average Bonchev–Trinajstić information content (AvgIpc) is 2.03. The monoisotopic (exact) mass is 275 g/mol. The Balaban J connectivity index is 2.37. The summed E-state index contributed by atoms with van der Waals surface area (Å²) in [4.78, 5) is 0. The predicted molar refractivity (Wildman–Crippen MR) is 56.3 cm³/mol. The number of hydrogen-bond acceptors (Lipinski definition) is 2. The molecule has 2 N–H and O–H groups in total. The molecule has 1 atom stereocenters. The summed E-state index contributed by atoms with van der Waals surface area (Å²) in [7, 11) is 0. The Labute approximate surface area is 85.2 Å². The molecule has 0 radical (unpaired) electrons. The van der Waals surface area contributed by atoms with Crippen LogP contribution in [0.25, 0.3) is 0 Å². The van der Waals surface area contributed by atoms with Crippen molar-refractivity contribution in [3.63, 3.8) is 0 Å².